The lowest BCUT2D eigenvalue weighted by Gasteiger charge is -2.17. The van der Waals surface area contributed by atoms with Crippen LogP contribution in [0.2, 0.25) is 0 Å². The summed E-state index contributed by atoms with van der Waals surface area (Å²) in [5, 5.41) is 6.50. The van der Waals surface area contributed by atoms with Crippen LogP contribution in [0.4, 0.5) is 5.69 Å². The number of nitrogens with two attached hydrogens (primary N) is 1. The zero-order valence-corrected chi connectivity index (χ0v) is 13.5. The van der Waals surface area contributed by atoms with Gasteiger partial charge in [-0.25, -0.2) is 0 Å². The summed E-state index contributed by atoms with van der Waals surface area (Å²) in [6, 6.07) is 9.39. The van der Waals surface area contributed by atoms with Crippen LogP contribution in [-0.4, -0.2) is 29.9 Å². The monoisotopic (exact) mass is 326 g/mol. The van der Waals surface area contributed by atoms with E-state index in [0.717, 1.165) is 30.2 Å². The van der Waals surface area contributed by atoms with E-state index in [2.05, 4.69) is 15.6 Å². The van der Waals surface area contributed by atoms with Gasteiger partial charge < -0.3 is 16.4 Å². The number of anilines is 1. The molecule has 0 radical (unpaired) electrons. The second kappa shape index (κ2) is 7.40. The topological polar surface area (TPSA) is 97.1 Å². The van der Waals surface area contributed by atoms with Crippen LogP contribution in [0.15, 0.2) is 36.5 Å². The summed E-state index contributed by atoms with van der Waals surface area (Å²) in [5.41, 5.74) is 7.09. The number of carbonyl (C=O) groups excluding carboxylic acids is 2. The Morgan fingerprint density at radius 2 is 2.04 bits per heavy atom. The number of amides is 2. The summed E-state index contributed by atoms with van der Waals surface area (Å²) in [4.78, 5) is 28.7. The molecule has 126 valence electrons. The first kappa shape index (κ1) is 16.4. The van der Waals surface area contributed by atoms with Gasteiger partial charge in [-0.05, 0) is 37.4 Å². The van der Waals surface area contributed by atoms with Gasteiger partial charge >= 0.3 is 0 Å². The summed E-state index contributed by atoms with van der Waals surface area (Å²) in [6.45, 7) is 0.474. The minimum atomic E-state index is -0.260. The molecule has 1 aromatic heterocycles. The molecule has 0 saturated heterocycles. The fraction of sp³-hybridized carbons (Fsp3) is 0.389. The molecule has 6 heteroatoms. The predicted octanol–water partition coefficient (Wildman–Crippen LogP) is 1.66. The number of carbonyl (C=O) groups is 2. The van der Waals surface area contributed by atoms with E-state index in [4.69, 9.17) is 5.73 Å². The molecular formula is C18H22N4O2. The van der Waals surface area contributed by atoms with Gasteiger partial charge in [-0.1, -0.05) is 24.6 Å². The van der Waals surface area contributed by atoms with Crippen LogP contribution >= 0.6 is 0 Å². The highest BCUT2D eigenvalue weighted by Crippen LogP contribution is 2.30. The Hall–Kier alpha value is -2.47. The van der Waals surface area contributed by atoms with Crippen molar-refractivity contribution in [3.05, 3.63) is 36.5 Å². The first-order valence-electron chi connectivity index (χ1n) is 8.30. The Balaban J connectivity index is 1.58. The van der Waals surface area contributed by atoms with Crippen molar-refractivity contribution < 1.29 is 9.59 Å². The number of para-hydroxylation sites is 1. The molecule has 0 unspecified atom stereocenters. The molecular weight excluding hydrogens is 304 g/mol. The number of hydrogen-bond acceptors (Lipinski definition) is 4. The maximum Gasteiger partial charge on any atom is 0.243 e. The van der Waals surface area contributed by atoms with Crippen LogP contribution in [0.3, 0.4) is 0 Å². The van der Waals surface area contributed by atoms with Crippen LogP contribution in [0.5, 0.6) is 0 Å². The molecule has 2 amide bonds. The van der Waals surface area contributed by atoms with E-state index in [0.29, 0.717) is 12.2 Å². The number of nitrogens with zero attached hydrogens (tertiary/aromatic N) is 1. The Morgan fingerprint density at radius 3 is 2.88 bits per heavy atom. The zero-order chi connectivity index (χ0) is 16.9. The Kier molecular flexibility index (Phi) is 5.05. The highest BCUT2D eigenvalue weighted by molar-refractivity contribution is 6.01. The first-order valence-corrected chi connectivity index (χ1v) is 8.30. The minimum Gasteiger partial charge on any atom is -0.347 e. The molecule has 1 aliphatic carbocycles. The number of hydrogen-bond donors (Lipinski definition) is 3. The van der Waals surface area contributed by atoms with E-state index in [1.807, 2.05) is 24.3 Å². The highest BCUT2D eigenvalue weighted by Gasteiger charge is 2.31. The standard InChI is InChI=1S/C18H22N4O2/c19-10-13-5-1-7-14(13)18(24)21-11-16(23)22-15-8-2-4-12-6-3-9-20-17(12)15/h2-4,6,8-9,13-14H,1,5,7,10-11,19H2,(H,21,24)(H,22,23)/t13-,14-/m1/s1. The predicted molar refractivity (Wildman–Crippen MR) is 93.3 cm³/mol. The number of rotatable bonds is 5. The molecule has 0 bridgehead atoms. The molecule has 24 heavy (non-hydrogen) atoms. The van der Waals surface area contributed by atoms with Crippen molar-refractivity contribution in [2.75, 3.05) is 18.4 Å². The normalized spacial score (nSPS) is 20.0. The average Bonchev–Trinajstić information content (AvgIpc) is 3.09. The van der Waals surface area contributed by atoms with Gasteiger partial charge in [-0.2, -0.15) is 0 Å². The molecule has 1 heterocycles. The van der Waals surface area contributed by atoms with E-state index in [-0.39, 0.29) is 30.2 Å². The third kappa shape index (κ3) is 3.54. The van der Waals surface area contributed by atoms with Crippen molar-refractivity contribution >= 4 is 28.4 Å². The zero-order valence-electron chi connectivity index (χ0n) is 13.5. The molecule has 6 nitrogen and oxygen atoms in total. The number of benzene rings is 1. The Bertz CT molecular complexity index is 741. The van der Waals surface area contributed by atoms with Gasteiger partial charge in [-0.3, -0.25) is 14.6 Å². The van der Waals surface area contributed by atoms with Gasteiger partial charge in [0.1, 0.15) is 0 Å². The van der Waals surface area contributed by atoms with E-state index >= 15 is 0 Å². The second-order valence-electron chi connectivity index (χ2n) is 6.18. The van der Waals surface area contributed by atoms with Crippen molar-refractivity contribution in [1.82, 2.24) is 10.3 Å². The maximum atomic E-state index is 12.2. The molecule has 1 saturated carbocycles. The lowest BCUT2D eigenvalue weighted by Crippen LogP contribution is -2.39. The van der Waals surface area contributed by atoms with Crippen LogP contribution < -0.4 is 16.4 Å². The minimum absolute atomic E-state index is 0.0458. The lowest BCUT2D eigenvalue weighted by atomic mass is 9.95. The lowest BCUT2D eigenvalue weighted by molar-refractivity contribution is -0.128. The molecule has 3 rings (SSSR count). The van der Waals surface area contributed by atoms with Gasteiger partial charge in [0.25, 0.3) is 0 Å². The molecule has 0 spiro atoms. The summed E-state index contributed by atoms with van der Waals surface area (Å²) in [5.74, 6) is -0.171. The smallest absolute Gasteiger partial charge is 0.243 e. The van der Waals surface area contributed by atoms with Gasteiger partial charge in [0, 0.05) is 17.5 Å². The van der Waals surface area contributed by atoms with E-state index in [9.17, 15) is 9.59 Å². The quantitative estimate of drug-likeness (QED) is 0.778. The molecule has 1 aromatic carbocycles. The number of fused-ring (bicyclic) bond motifs is 1. The van der Waals surface area contributed by atoms with Crippen LogP contribution in [0, 0.1) is 11.8 Å². The van der Waals surface area contributed by atoms with Crippen molar-refractivity contribution in [2.45, 2.75) is 19.3 Å². The second-order valence-corrected chi connectivity index (χ2v) is 6.18. The van der Waals surface area contributed by atoms with Crippen LogP contribution in [0.1, 0.15) is 19.3 Å². The fourth-order valence-electron chi connectivity index (χ4n) is 3.36. The summed E-state index contributed by atoms with van der Waals surface area (Å²) in [7, 11) is 0. The van der Waals surface area contributed by atoms with Crippen LogP contribution in [0.25, 0.3) is 10.9 Å². The van der Waals surface area contributed by atoms with E-state index in [1.54, 1.807) is 12.3 Å². The van der Waals surface area contributed by atoms with Gasteiger partial charge in [-0.15, -0.1) is 0 Å². The third-order valence-electron chi connectivity index (χ3n) is 4.63. The Morgan fingerprint density at radius 1 is 1.21 bits per heavy atom. The van der Waals surface area contributed by atoms with Gasteiger partial charge in [0.05, 0.1) is 17.7 Å². The Labute approximate surface area is 140 Å². The SMILES string of the molecule is NC[C@H]1CCC[C@H]1C(=O)NCC(=O)Nc1cccc2cccnc12. The highest BCUT2D eigenvalue weighted by atomic mass is 16.2. The number of aromatic nitrogens is 1. The molecule has 1 aliphatic rings. The van der Waals surface area contributed by atoms with Gasteiger partial charge in [0.15, 0.2) is 0 Å². The summed E-state index contributed by atoms with van der Waals surface area (Å²) < 4.78 is 0. The first-order chi connectivity index (χ1) is 11.7. The van der Waals surface area contributed by atoms with E-state index in [1.165, 1.54) is 0 Å². The van der Waals surface area contributed by atoms with Crippen molar-refractivity contribution in [3.63, 3.8) is 0 Å². The number of nitrogens with one attached hydrogen (secondary N) is 2. The van der Waals surface area contributed by atoms with Crippen molar-refractivity contribution in [2.24, 2.45) is 17.6 Å². The number of pyridine rings is 1. The van der Waals surface area contributed by atoms with Gasteiger partial charge in [0.2, 0.25) is 11.8 Å². The maximum absolute atomic E-state index is 12.2. The molecule has 4 N–H and O–H groups in total. The fourth-order valence-corrected chi connectivity index (χ4v) is 3.36. The average molecular weight is 326 g/mol. The molecule has 2 atom stereocenters. The summed E-state index contributed by atoms with van der Waals surface area (Å²) in [6.07, 6.45) is 4.55. The largest absolute Gasteiger partial charge is 0.347 e. The summed E-state index contributed by atoms with van der Waals surface area (Å²) >= 11 is 0. The van der Waals surface area contributed by atoms with Crippen molar-refractivity contribution in [1.29, 1.82) is 0 Å². The third-order valence-corrected chi connectivity index (χ3v) is 4.63. The molecule has 1 fully saturated rings. The molecule has 0 aliphatic heterocycles. The van der Waals surface area contributed by atoms with Crippen LogP contribution in [-0.2, 0) is 9.59 Å². The molecule has 2 aromatic rings. The van der Waals surface area contributed by atoms with E-state index < -0.39 is 0 Å². The van der Waals surface area contributed by atoms with Crippen molar-refractivity contribution in [3.8, 4) is 0 Å².